The van der Waals surface area contributed by atoms with E-state index in [1.165, 1.54) is 11.8 Å². The van der Waals surface area contributed by atoms with Crippen molar-refractivity contribution in [1.29, 1.82) is 0 Å². The van der Waals surface area contributed by atoms with E-state index in [-0.39, 0.29) is 16.7 Å². The third kappa shape index (κ3) is 4.02. The number of carbonyl (C=O) groups is 1. The molecule has 2 heterocycles. The summed E-state index contributed by atoms with van der Waals surface area (Å²) in [5.74, 6) is -0.0522. The Kier molecular flexibility index (Phi) is 5.30. The van der Waals surface area contributed by atoms with Gasteiger partial charge in [-0.25, -0.2) is 4.98 Å². The SMILES string of the molecule is Cc1nc(S[C@H]2CCc3ccccc3NC2=O)[nH]c(=O)c1Cc1ccccc1. The highest BCUT2D eigenvalue weighted by Crippen LogP contribution is 2.29. The molecule has 0 unspecified atom stereocenters. The van der Waals surface area contributed by atoms with Crippen LogP contribution in [0.3, 0.4) is 0 Å². The molecule has 2 N–H and O–H groups in total. The van der Waals surface area contributed by atoms with Gasteiger partial charge in [0.15, 0.2) is 5.16 Å². The monoisotopic (exact) mass is 391 g/mol. The highest BCUT2D eigenvalue weighted by Gasteiger charge is 2.25. The van der Waals surface area contributed by atoms with E-state index >= 15 is 0 Å². The van der Waals surface area contributed by atoms with Gasteiger partial charge in [-0.2, -0.15) is 0 Å². The van der Waals surface area contributed by atoms with Crippen molar-refractivity contribution in [3.8, 4) is 0 Å². The lowest BCUT2D eigenvalue weighted by Crippen LogP contribution is -2.25. The third-order valence-electron chi connectivity index (χ3n) is 4.92. The van der Waals surface area contributed by atoms with E-state index in [1.54, 1.807) is 0 Å². The summed E-state index contributed by atoms with van der Waals surface area (Å²) in [7, 11) is 0. The number of fused-ring (bicyclic) bond motifs is 1. The maximum Gasteiger partial charge on any atom is 0.255 e. The molecule has 5 nitrogen and oxygen atoms in total. The Bertz CT molecular complexity index is 1060. The fourth-order valence-electron chi connectivity index (χ4n) is 3.39. The maximum atomic E-state index is 12.6. The number of nitrogens with zero attached hydrogens (tertiary/aromatic N) is 1. The van der Waals surface area contributed by atoms with E-state index < -0.39 is 0 Å². The van der Waals surface area contributed by atoms with Crippen molar-refractivity contribution in [3.63, 3.8) is 0 Å². The van der Waals surface area contributed by atoms with Gasteiger partial charge < -0.3 is 10.3 Å². The van der Waals surface area contributed by atoms with Gasteiger partial charge in [-0.15, -0.1) is 0 Å². The van der Waals surface area contributed by atoms with Gasteiger partial charge in [-0.05, 0) is 37.0 Å². The van der Waals surface area contributed by atoms with Crippen LogP contribution < -0.4 is 10.9 Å². The summed E-state index contributed by atoms with van der Waals surface area (Å²) < 4.78 is 0. The Morgan fingerprint density at radius 1 is 1.07 bits per heavy atom. The number of para-hydroxylation sites is 1. The number of H-pyrrole nitrogens is 1. The molecule has 3 aromatic rings. The minimum Gasteiger partial charge on any atom is -0.325 e. The summed E-state index contributed by atoms with van der Waals surface area (Å²) in [6, 6.07) is 17.7. The highest BCUT2D eigenvalue weighted by atomic mass is 32.2. The number of hydrogen-bond acceptors (Lipinski definition) is 4. The molecule has 0 spiro atoms. The molecule has 0 bridgehead atoms. The first-order valence-corrected chi connectivity index (χ1v) is 10.2. The molecule has 142 valence electrons. The average molecular weight is 391 g/mol. The van der Waals surface area contributed by atoms with Crippen LogP contribution in [-0.2, 0) is 17.6 Å². The molecule has 6 heteroatoms. The van der Waals surface area contributed by atoms with Gasteiger partial charge in [0.2, 0.25) is 5.91 Å². The molecule has 1 amide bonds. The molecule has 0 radical (unpaired) electrons. The largest absolute Gasteiger partial charge is 0.325 e. The van der Waals surface area contributed by atoms with Crippen LogP contribution >= 0.6 is 11.8 Å². The predicted octanol–water partition coefficient (Wildman–Crippen LogP) is 3.71. The van der Waals surface area contributed by atoms with Crippen LogP contribution in [0.25, 0.3) is 0 Å². The van der Waals surface area contributed by atoms with Crippen LogP contribution in [-0.4, -0.2) is 21.1 Å². The first-order chi connectivity index (χ1) is 13.6. The van der Waals surface area contributed by atoms with Crippen LogP contribution in [0, 0.1) is 6.92 Å². The zero-order chi connectivity index (χ0) is 19.5. The first kappa shape index (κ1) is 18.5. The molecule has 0 saturated carbocycles. The van der Waals surface area contributed by atoms with Gasteiger partial charge in [0.1, 0.15) is 0 Å². The summed E-state index contributed by atoms with van der Waals surface area (Å²) in [6.45, 7) is 1.85. The zero-order valence-corrected chi connectivity index (χ0v) is 16.4. The predicted molar refractivity (Wildman–Crippen MR) is 112 cm³/mol. The molecule has 0 aliphatic carbocycles. The second-order valence-corrected chi connectivity index (χ2v) is 8.08. The van der Waals surface area contributed by atoms with E-state index in [0.29, 0.717) is 29.3 Å². The molecule has 1 atom stereocenters. The fourth-order valence-corrected chi connectivity index (χ4v) is 4.40. The summed E-state index contributed by atoms with van der Waals surface area (Å²) >= 11 is 1.32. The van der Waals surface area contributed by atoms with Crippen molar-refractivity contribution in [2.75, 3.05) is 5.32 Å². The van der Waals surface area contributed by atoms with Crippen molar-refractivity contribution in [1.82, 2.24) is 9.97 Å². The molecule has 2 aromatic carbocycles. The van der Waals surface area contributed by atoms with Gasteiger partial charge in [-0.1, -0.05) is 60.3 Å². The Balaban J connectivity index is 1.53. The van der Waals surface area contributed by atoms with E-state index in [0.717, 1.165) is 23.2 Å². The normalized spacial score (nSPS) is 16.2. The van der Waals surface area contributed by atoms with Crippen molar-refractivity contribution in [2.24, 2.45) is 0 Å². The van der Waals surface area contributed by atoms with Crippen molar-refractivity contribution in [2.45, 2.75) is 36.6 Å². The van der Waals surface area contributed by atoms with Gasteiger partial charge in [0.25, 0.3) is 5.56 Å². The summed E-state index contributed by atoms with van der Waals surface area (Å²) in [4.78, 5) is 32.7. The lowest BCUT2D eigenvalue weighted by molar-refractivity contribution is -0.115. The quantitative estimate of drug-likeness (QED) is 0.665. The summed E-state index contributed by atoms with van der Waals surface area (Å²) in [5.41, 5.74) is 4.29. The second kappa shape index (κ2) is 8.02. The van der Waals surface area contributed by atoms with Gasteiger partial charge in [-0.3, -0.25) is 9.59 Å². The number of aromatic amines is 1. The molecule has 28 heavy (non-hydrogen) atoms. The lowest BCUT2D eigenvalue weighted by Gasteiger charge is -2.13. The zero-order valence-electron chi connectivity index (χ0n) is 15.6. The highest BCUT2D eigenvalue weighted by molar-refractivity contribution is 8.00. The smallest absolute Gasteiger partial charge is 0.255 e. The number of aryl methyl sites for hydroxylation is 2. The number of rotatable bonds is 4. The Morgan fingerprint density at radius 2 is 1.82 bits per heavy atom. The molecule has 0 saturated heterocycles. The van der Waals surface area contributed by atoms with E-state index in [2.05, 4.69) is 15.3 Å². The van der Waals surface area contributed by atoms with E-state index in [4.69, 9.17) is 0 Å². The number of amides is 1. The Hall–Kier alpha value is -2.86. The van der Waals surface area contributed by atoms with Crippen LogP contribution in [0.5, 0.6) is 0 Å². The third-order valence-corrected chi connectivity index (χ3v) is 6.07. The molecular weight excluding hydrogens is 370 g/mol. The van der Waals surface area contributed by atoms with Crippen molar-refractivity contribution < 1.29 is 4.79 Å². The lowest BCUT2D eigenvalue weighted by atomic mass is 10.1. The molecule has 1 aromatic heterocycles. The number of thioether (sulfide) groups is 1. The van der Waals surface area contributed by atoms with E-state index in [1.807, 2.05) is 61.5 Å². The number of hydrogen-bond donors (Lipinski definition) is 2. The van der Waals surface area contributed by atoms with Crippen LogP contribution in [0.4, 0.5) is 5.69 Å². The number of anilines is 1. The van der Waals surface area contributed by atoms with Crippen LogP contribution in [0.2, 0.25) is 0 Å². The Morgan fingerprint density at radius 3 is 2.61 bits per heavy atom. The number of nitrogens with one attached hydrogen (secondary N) is 2. The van der Waals surface area contributed by atoms with Gasteiger partial charge in [0.05, 0.1) is 5.25 Å². The molecular formula is C22H21N3O2S. The minimum atomic E-state index is -0.296. The second-order valence-electron chi connectivity index (χ2n) is 6.89. The number of aromatic nitrogens is 2. The summed E-state index contributed by atoms with van der Waals surface area (Å²) in [6.07, 6.45) is 2.04. The van der Waals surface area contributed by atoms with Gasteiger partial charge in [0, 0.05) is 23.4 Å². The number of carbonyl (C=O) groups excluding carboxylic acids is 1. The summed E-state index contributed by atoms with van der Waals surface area (Å²) in [5, 5.41) is 3.18. The minimum absolute atomic E-state index is 0.0522. The molecule has 1 aliphatic heterocycles. The number of benzene rings is 2. The molecule has 4 rings (SSSR count). The standard InChI is InChI=1S/C22H21N3O2S/c1-14-17(13-15-7-3-2-4-8-15)20(26)25-22(23-14)28-19-12-11-16-9-5-6-10-18(16)24-21(19)27/h2-10,19H,11-13H2,1H3,(H,24,27)(H,23,25,26)/t19-/m0/s1. The maximum absolute atomic E-state index is 12.6. The van der Waals surface area contributed by atoms with Crippen molar-refractivity contribution >= 4 is 23.4 Å². The Labute approximate surface area is 167 Å². The molecule has 1 aliphatic rings. The van der Waals surface area contributed by atoms with E-state index in [9.17, 15) is 9.59 Å². The van der Waals surface area contributed by atoms with Crippen LogP contribution in [0.1, 0.15) is 28.8 Å². The topological polar surface area (TPSA) is 74.8 Å². The molecule has 0 fully saturated rings. The van der Waals surface area contributed by atoms with Gasteiger partial charge >= 0.3 is 0 Å². The first-order valence-electron chi connectivity index (χ1n) is 9.29. The fraction of sp³-hybridized carbons (Fsp3) is 0.227. The average Bonchev–Trinajstić information content (AvgIpc) is 2.84. The van der Waals surface area contributed by atoms with Crippen LogP contribution in [0.15, 0.2) is 64.5 Å². The van der Waals surface area contributed by atoms with Crippen molar-refractivity contribution in [3.05, 3.63) is 87.3 Å².